The molecule has 0 saturated heterocycles. The van der Waals surface area contributed by atoms with Crippen molar-refractivity contribution in [3.8, 4) is 0 Å². The van der Waals surface area contributed by atoms with E-state index in [9.17, 15) is 4.79 Å². The molecule has 1 fully saturated rings. The number of hydrogen-bond acceptors (Lipinski definition) is 4. The van der Waals surface area contributed by atoms with Crippen molar-refractivity contribution in [3.05, 3.63) is 23.7 Å². The van der Waals surface area contributed by atoms with Crippen LogP contribution in [0.2, 0.25) is 0 Å². The van der Waals surface area contributed by atoms with Gasteiger partial charge >= 0.3 is 5.97 Å². The van der Waals surface area contributed by atoms with Crippen LogP contribution in [0.3, 0.4) is 0 Å². The van der Waals surface area contributed by atoms with Crippen LogP contribution in [0.5, 0.6) is 0 Å². The highest BCUT2D eigenvalue weighted by atomic mass is 16.5. The van der Waals surface area contributed by atoms with Crippen molar-refractivity contribution in [1.29, 1.82) is 0 Å². The van der Waals surface area contributed by atoms with Gasteiger partial charge in [0.2, 0.25) is 5.76 Å². The van der Waals surface area contributed by atoms with Crippen LogP contribution in [0.1, 0.15) is 29.2 Å². The lowest BCUT2D eigenvalue weighted by Gasteiger charge is -2.03. The normalized spacial score (nSPS) is 17.9. The van der Waals surface area contributed by atoms with Crippen LogP contribution in [-0.4, -0.2) is 18.6 Å². The first-order valence-corrected chi connectivity index (χ1v) is 4.59. The van der Waals surface area contributed by atoms with Crippen LogP contribution in [-0.2, 0) is 11.2 Å². The topological polar surface area (TPSA) is 65.5 Å². The van der Waals surface area contributed by atoms with Crippen LogP contribution >= 0.6 is 0 Å². The maximum Gasteiger partial charge on any atom is 0.373 e. The number of carbonyl (C=O) groups excluding carboxylic acids is 1. The van der Waals surface area contributed by atoms with Gasteiger partial charge in [0.1, 0.15) is 5.76 Å². The summed E-state index contributed by atoms with van der Waals surface area (Å²) in [6, 6.07) is 3.39. The van der Waals surface area contributed by atoms with Gasteiger partial charge in [-0.15, -0.1) is 0 Å². The highest BCUT2D eigenvalue weighted by Gasteiger charge is 2.39. The Kier molecular flexibility index (Phi) is 2.07. The summed E-state index contributed by atoms with van der Waals surface area (Å²) in [4.78, 5) is 11.1. The molecule has 1 aliphatic carbocycles. The lowest BCUT2D eigenvalue weighted by atomic mass is 10.1. The molecule has 0 aromatic carbocycles. The number of ether oxygens (including phenoxy) is 1. The number of nitrogens with two attached hydrogens (primary N) is 1. The zero-order valence-electron chi connectivity index (χ0n) is 8.08. The van der Waals surface area contributed by atoms with Crippen LogP contribution in [0.4, 0.5) is 0 Å². The monoisotopic (exact) mass is 195 g/mol. The molecule has 14 heavy (non-hydrogen) atoms. The molecule has 4 heteroatoms. The predicted molar refractivity (Wildman–Crippen MR) is 49.9 cm³/mol. The molecule has 1 aromatic rings. The number of methoxy groups -OCH3 is 1. The summed E-state index contributed by atoms with van der Waals surface area (Å²) in [5.74, 6) is 0.551. The molecular weight excluding hydrogens is 182 g/mol. The van der Waals surface area contributed by atoms with E-state index >= 15 is 0 Å². The van der Waals surface area contributed by atoms with Crippen molar-refractivity contribution in [2.24, 2.45) is 5.73 Å². The first kappa shape index (κ1) is 9.27. The molecule has 0 amide bonds. The van der Waals surface area contributed by atoms with Gasteiger partial charge in [0, 0.05) is 12.0 Å². The number of carbonyl (C=O) groups is 1. The van der Waals surface area contributed by atoms with E-state index in [0.29, 0.717) is 6.42 Å². The molecule has 1 heterocycles. The number of esters is 1. The molecule has 0 bridgehead atoms. The highest BCUT2D eigenvalue weighted by molar-refractivity contribution is 5.86. The first-order chi connectivity index (χ1) is 6.63. The quantitative estimate of drug-likeness (QED) is 0.733. The van der Waals surface area contributed by atoms with E-state index < -0.39 is 5.97 Å². The molecule has 76 valence electrons. The fourth-order valence-electron chi connectivity index (χ4n) is 1.37. The maximum atomic E-state index is 11.1. The average Bonchev–Trinajstić information content (AvgIpc) is 2.71. The van der Waals surface area contributed by atoms with Gasteiger partial charge in [-0.25, -0.2) is 4.79 Å². The molecule has 4 nitrogen and oxygen atoms in total. The molecule has 0 radical (unpaired) electrons. The molecule has 2 N–H and O–H groups in total. The Hall–Kier alpha value is -1.29. The molecule has 1 aromatic heterocycles. The highest BCUT2D eigenvalue weighted by Crippen LogP contribution is 2.35. The summed E-state index contributed by atoms with van der Waals surface area (Å²) in [6.07, 6.45) is 2.76. The third kappa shape index (κ3) is 1.80. The zero-order chi connectivity index (χ0) is 10.2. The first-order valence-electron chi connectivity index (χ1n) is 4.59. The van der Waals surface area contributed by atoms with E-state index in [1.807, 2.05) is 0 Å². The van der Waals surface area contributed by atoms with Crippen molar-refractivity contribution in [3.63, 3.8) is 0 Å². The molecule has 1 saturated carbocycles. The second kappa shape index (κ2) is 3.13. The minimum atomic E-state index is -0.446. The Balaban J connectivity index is 2.06. The van der Waals surface area contributed by atoms with Gasteiger partial charge in [0.25, 0.3) is 0 Å². The van der Waals surface area contributed by atoms with E-state index in [4.69, 9.17) is 10.2 Å². The smallest absolute Gasteiger partial charge is 0.373 e. The number of rotatable bonds is 3. The average molecular weight is 195 g/mol. The van der Waals surface area contributed by atoms with Crippen molar-refractivity contribution in [2.75, 3.05) is 7.11 Å². The second-order valence-corrected chi connectivity index (χ2v) is 3.80. The number of furan rings is 1. The minimum absolute atomic E-state index is 0.0920. The van der Waals surface area contributed by atoms with Gasteiger partial charge in [-0.05, 0) is 25.0 Å². The molecule has 1 aliphatic rings. The Morgan fingerprint density at radius 2 is 2.36 bits per heavy atom. The number of hydrogen-bond donors (Lipinski definition) is 1. The summed E-state index contributed by atoms with van der Waals surface area (Å²) in [5.41, 5.74) is 5.83. The predicted octanol–water partition coefficient (Wildman–Crippen LogP) is 1.10. The summed E-state index contributed by atoms with van der Waals surface area (Å²) in [6.45, 7) is 0. The van der Waals surface area contributed by atoms with E-state index in [-0.39, 0.29) is 11.3 Å². The molecule has 0 unspecified atom stereocenters. The van der Waals surface area contributed by atoms with E-state index in [2.05, 4.69) is 4.74 Å². The Labute approximate surface area is 82.0 Å². The zero-order valence-corrected chi connectivity index (χ0v) is 8.08. The van der Waals surface area contributed by atoms with Crippen LogP contribution < -0.4 is 5.73 Å². The summed E-state index contributed by atoms with van der Waals surface area (Å²) >= 11 is 0. The van der Waals surface area contributed by atoms with Crippen molar-refractivity contribution < 1.29 is 13.9 Å². The molecular formula is C10H13NO3. The van der Waals surface area contributed by atoms with Crippen LogP contribution in [0, 0.1) is 0 Å². The van der Waals surface area contributed by atoms with Gasteiger partial charge in [0.15, 0.2) is 0 Å². The largest absolute Gasteiger partial charge is 0.463 e. The van der Waals surface area contributed by atoms with E-state index in [1.54, 1.807) is 12.1 Å². The van der Waals surface area contributed by atoms with Gasteiger partial charge in [-0.3, -0.25) is 0 Å². The second-order valence-electron chi connectivity index (χ2n) is 3.80. The molecule has 0 atom stereocenters. The third-order valence-electron chi connectivity index (χ3n) is 2.47. The van der Waals surface area contributed by atoms with Gasteiger partial charge < -0.3 is 14.9 Å². The molecule has 0 spiro atoms. The molecule has 0 aliphatic heterocycles. The Morgan fingerprint density at radius 3 is 2.93 bits per heavy atom. The molecule has 2 rings (SSSR count). The van der Waals surface area contributed by atoms with Crippen molar-refractivity contribution in [2.45, 2.75) is 24.8 Å². The summed E-state index contributed by atoms with van der Waals surface area (Å²) < 4.78 is 9.83. The van der Waals surface area contributed by atoms with Gasteiger partial charge in [-0.2, -0.15) is 0 Å². The summed E-state index contributed by atoms with van der Waals surface area (Å²) in [7, 11) is 1.33. The van der Waals surface area contributed by atoms with E-state index in [1.165, 1.54) is 7.11 Å². The van der Waals surface area contributed by atoms with Crippen LogP contribution in [0.25, 0.3) is 0 Å². The van der Waals surface area contributed by atoms with Gasteiger partial charge in [-0.1, -0.05) is 0 Å². The fourth-order valence-corrected chi connectivity index (χ4v) is 1.37. The van der Waals surface area contributed by atoms with Crippen molar-refractivity contribution >= 4 is 5.97 Å². The van der Waals surface area contributed by atoms with E-state index in [0.717, 1.165) is 18.6 Å². The SMILES string of the molecule is COC(=O)c1ccc(CC2(N)CC2)o1. The summed E-state index contributed by atoms with van der Waals surface area (Å²) in [5, 5.41) is 0. The lowest BCUT2D eigenvalue weighted by molar-refractivity contribution is 0.0562. The minimum Gasteiger partial charge on any atom is -0.463 e. The Morgan fingerprint density at radius 1 is 1.64 bits per heavy atom. The van der Waals surface area contributed by atoms with Gasteiger partial charge in [0.05, 0.1) is 7.11 Å². The Bertz CT molecular complexity index is 352. The fraction of sp³-hybridized carbons (Fsp3) is 0.500. The maximum absolute atomic E-state index is 11.1. The third-order valence-corrected chi connectivity index (χ3v) is 2.47. The standard InChI is InChI=1S/C10H13NO3/c1-13-9(12)8-3-2-7(14-8)6-10(11)4-5-10/h2-3H,4-6,11H2,1H3. The van der Waals surface area contributed by atoms with Crippen LogP contribution in [0.15, 0.2) is 16.5 Å². The lowest BCUT2D eigenvalue weighted by Crippen LogP contribution is -2.24. The van der Waals surface area contributed by atoms with Crippen molar-refractivity contribution in [1.82, 2.24) is 0 Å².